The standard InChI is InChI=1S/C24H34O8/c1-11-16(27)8-15-18(31-12(2)25)7-14-10-24(6,19(9-17(14)28)32-13(3)26)22(30)21(29)20(11)23(15,4)5/h7,15-19,21,27-29H,8-10H2,1-6H3. The number of hydrogen-bond donors (Lipinski definition) is 3. The van der Waals surface area contributed by atoms with Gasteiger partial charge in [0.1, 0.15) is 18.3 Å². The highest BCUT2D eigenvalue weighted by atomic mass is 16.5. The van der Waals surface area contributed by atoms with Gasteiger partial charge < -0.3 is 24.8 Å². The molecule has 1 fully saturated rings. The van der Waals surface area contributed by atoms with E-state index < -0.39 is 65.0 Å². The zero-order valence-electron chi connectivity index (χ0n) is 19.5. The summed E-state index contributed by atoms with van der Waals surface area (Å²) < 4.78 is 11.1. The summed E-state index contributed by atoms with van der Waals surface area (Å²) in [4.78, 5) is 37.4. The molecule has 0 aromatic heterocycles. The Kier molecular flexibility index (Phi) is 6.45. The first-order chi connectivity index (χ1) is 14.7. The number of rotatable bonds is 2. The Morgan fingerprint density at radius 1 is 1.00 bits per heavy atom. The lowest BCUT2D eigenvalue weighted by atomic mass is 9.57. The summed E-state index contributed by atoms with van der Waals surface area (Å²) in [6, 6.07) is 0. The Morgan fingerprint density at radius 3 is 2.16 bits per heavy atom. The first-order valence-electron chi connectivity index (χ1n) is 11.0. The number of ether oxygens (including phenoxy) is 2. The number of esters is 2. The van der Waals surface area contributed by atoms with Crippen molar-refractivity contribution in [2.24, 2.45) is 16.7 Å². The third-order valence-electron chi connectivity index (χ3n) is 7.64. The molecule has 4 bridgehead atoms. The second kappa shape index (κ2) is 8.39. The highest BCUT2D eigenvalue weighted by molar-refractivity contribution is 5.93. The van der Waals surface area contributed by atoms with Crippen LogP contribution in [0.1, 0.15) is 60.8 Å². The van der Waals surface area contributed by atoms with Crippen LogP contribution in [0.4, 0.5) is 0 Å². The smallest absolute Gasteiger partial charge is 0.303 e. The highest BCUT2D eigenvalue weighted by Gasteiger charge is 2.56. The van der Waals surface area contributed by atoms with E-state index in [4.69, 9.17) is 9.47 Å². The van der Waals surface area contributed by atoms with E-state index in [9.17, 15) is 29.7 Å². The molecule has 0 saturated heterocycles. The molecule has 178 valence electrons. The average molecular weight is 451 g/mol. The predicted octanol–water partition coefficient (Wildman–Crippen LogP) is 1.60. The monoisotopic (exact) mass is 450 g/mol. The van der Waals surface area contributed by atoms with Gasteiger partial charge in [-0.2, -0.15) is 0 Å². The van der Waals surface area contributed by atoms with E-state index in [2.05, 4.69) is 0 Å². The van der Waals surface area contributed by atoms with Crippen LogP contribution in [-0.4, -0.2) is 63.6 Å². The lowest BCUT2D eigenvalue weighted by molar-refractivity contribution is -0.166. The number of Topliss-reactive ketones (excluding diaryl/α,β-unsaturated/α-hetero) is 1. The van der Waals surface area contributed by atoms with Crippen molar-refractivity contribution in [3.05, 3.63) is 22.8 Å². The number of ketones is 1. The van der Waals surface area contributed by atoms with Gasteiger partial charge in [0.25, 0.3) is 0 Å². The molecular formula is C24H34O8. The fourth-order valence-corrected chi connectivity index (χ4v) is 5.85. The van der Waals surface area contributed by atoms with Crippen LogP contribution in [0.3, 0.4) is 0 Å². The van der Waals surface area contributed by atoms with Crippen molar-refractivity contribution >= 4 is 17.7 Å². The number of aliphatic hydroxyl groups is 3. The maximum absolute atomic E-state index is 13.7. The van der Waals surface area contributed by atoms with E-state index in [0.717, 1.165) is 0 Å². The van der Waals surface area contributed by atoms with Crippen molar-refractivity contribution in [1.29, 1.82) is 0 Å². The maximum atomic E-state index is 13.7. The van der Waals surface area contributed by atoms with Crippen LogP contribution in [-0.2, 0) is 23.9 Å². The number of hydrogen-bond acceptors (Lipinski definition) is 8. The molecule has 8 heteroatoms. The second-order valence-electron chi connectivity index (χ2n) is 10.2. The third kappa shape index (κ3) is 4.04. The van der Waals surface area contributed by atoms with Gasteiger partial charge in [0, 0.05) is 26.2 Å². The molecule has 0 aliphatic heterocycles. The summed E-state index contributed by atoms with van der Waals surface area (Å²) >= 11 is 0. The van der Waals surface area contributed by atoms with Gasteiger partial charge in [-0.25, -0.2) is 0 Å². The molecule has 0 radical (unpaired) electrons. The van der Waals surface area contributed by atoms with Gasteiger partial charge in [-0.3, -0.25) is 14.4 Å². The first-order valence-corrected chi connectivity index (χ1v) is 11.0. The zero-order chi connectivity index (χ0) is 24.2. The summed E-state index contributed by atoms with van der Waals surface area (Å²) in [5, 5.41) is 32.9. The van der Waals surface area contributed by atoms with E-state index >= 15 is 0 Å². The van der Waals surface area contributed by atoms with E-state index in [-0.39, 0.29) is 19.3 Å². The number of aliphatic hydroxyl groups excluding tert-OH is 3. The Hall–Kier alpha value is -2.03. The number of carbonyl (C=O) groups is 3. The summed E-state index contributed by atoms with van der Waals surface area (Å²) in [6.07, 6.45) is -3.21. The van der Waals surface area contributed by atoms with Gasteiger partial charge in [0.15, 0.2) is 5.78 Å². The van der Waals surface area contributed by atoms with E-state index in [1.165, 1.54) is 13.8 Å². The molecule has 7 unspecified atom stereocenters. The fraction of sp³-hybridized carbons (Fsp3) is 0.708. The molecule has 7 atom stereocenters. The third-order valence-corrected chi connectivity index (χ3v) is 7.64. The van der Waals surface area contributed by atoms with Crippen molar-refractivity contribution in [1.82, 2.24) is 0 Å². The molecule has 0 heterocycles. The van der Waals surface area contributed by atoms with E-state index in [1.54, 1.807) is 19.9 Å². The van der Waals surface area contributed by atoms with Crippen molar-refractivity contribution in [2.75, 3.05) is 0 Å². The Labute approximate surface area is 188 Å². The first kappa shape index (κ1) is 24.6. The SMILES string of the molecule is CC(=O)OC1C=C2CC(C)(C(=O)C(O)C3=C(C)C(O)CC1C3(C)C)C(OC(C)=O)CC2O. The topological polar surface area (TPSA) is 130 Å². The molecule has 0 spiro atoms. The van der Waals surface area contributed by atoms with E-state index in [0.29, 0.717) is 16.7 Å². The quantitative estimate of drug-likeness (QED) is 0.427. The van der Waals surface area contributed by atoms with Gasteiger partial charge in [-0.1, -0.05) is 13.8 Å². The largest absolute Gasteiger partial charge is 0.461 e. The van der Waals surface area contributed by atoms with Gasteiger partial charge in [0.05, 0.1) is 17.6 Å². The molecule has 3 N–H and O–H groups in total. The Morgan fingerprint density at radius 2 is 1.59 bits per heavy atom. The molecular weight excluding hydrogens is 416 g/mol. The normalized spacial score (nSPS) is 39.2. The average Bonchev–Trinajstić information content (AvgIpc) is 2.65. The molecule has 3 aliphatic rings. The lowest BCUT2D eigenvalue weighted by Crippen LogP contribution is -2.56. The highest BCUT2D eigenvalue weighted by Crippen LogP contribution is 2.52. The second-order valence-corrected chi connectivity index (χ2v) is 10.2. The van der Waals surface area contributed by atoms with Gasteiger partial charge in [-0.05, 0) is 54.9 Å². The van der Waals surface area contributed by atoms with Crippen LogP contribution < -0.4 is 0 Å². The molecule has 8 nitrogen and oxygen atoms in total. The summed E-state index contributed by atoms with van der Waals surface area (Å²) in [7, 11) is 0. The fourth-order valence-electron chi connectivity index (χ4n) is 5.85. The van der Waals surface area contributed by atoms with Gasteiger partial charge in [-0.15, -0.1) is 0 Å². The van der Waals surface area contributed by atoms with Crippen molar-refractivity contribution in [3.63, 3.8) is 0 Å². The minimum atomic E-state index is -1.54. The van der Waals surface area contributed by atoms with Crippen LogP contribution in [0.5, 0.6) is 0 Å². The maximum Gasteiger partial charge on any atom is 0.303 e. The van der Waals surface area contributed by atoms with Crippen LogP contribution in [0.15, 0.2) is 22.8 Å². The summed E-state index contributed by atoms with van der Waals surface area (Å²) in [5.74, 6) is -2.05. The van der Waals surface area contributed by atoms with Crippen LogP contribution >= 0.6 is 0 Å². The van der Waals surface area contributed by atoms with Gasteiger partial charge in [0.2, 0.25) is 0 Å². The minimum Gasteiger partial charge on any atom is -0.461 e. The molecule has 3 rings (SSSR count). The summed E-state index contributed by atoms with van der Waals surface area (Å²) in [6.45, 7) is 9.55. The lowest BCUT2D eigenvalue weighted by Gasteiger charge is -2.50. The van der Waals surface area contributed by atoms with E-state index in [1.807, 2.05) is 13.8 Å². The predicted molar refractivity (Wildman–Crippen MR) is 114 cm³/mol. The van der Waals surface area contributed by atoms with Gasteiger partial charge >= 0.3 is 11.9 Å². The summed E-state index contributed by atoms with van der Waals surface area (Å²) in [5.41, 5.74) is -0.714. The number of carbonyl (C=O) groups excluding carboxylic acids is 3. The molecule has 0 aromatic carbocycles. The molecule has 3 aliphatic carbocycles. The number of fused-ring (bicyclic) bond motifs is 4. The van der Waals surface area contributed by atoms with Crippen LogP contribution in [0.2, 0.25) is 0 Å². The molecule has 1 saturated carbocycles. The zero-order valence-corrected chi connectivity index (χ0v) is 19.5. The van der Waals surface area contributed by atoms with Crippen LogP contribution in [0, 0.1) is 16.7 Å². The minimum absolute atomic E-state index is 0.0120. The molecule has 0 amide bonds. The molecule has 32 heavy (non-hydrogen) atoms. The van der Waals surface area contributed by atoms with Crippen molar-refractivity contribution < 1.29 is 39.2 Å². The van der Waals surface area contributed by atoms with Crippen LogP contribution in [0.25, 0.3) is 0 Å². The van der Waals surface area contributed by atoms with Crippen molar-refractivity contribution in [2.45, 2.75) is 91.3 Å². The Balaban J connectivity index is 2.27. The van der Waals surface area contributed by atoms with Crippen molar-refractivity contribution in [3.8, 4) is 0 Å². The molecule has 0 aromatic rings. The Bertz CT molecular complexity index is 884.